The molecule has 202 valence electrons. The molecular formula is C35H57N. The molecule has 0 saturated heterocycles. The lowest BCUT2D eigenvalue weighted by Gasteiger charge is -2.49. The summed E-state index contributed by atoms with van der Waals surface area (Å²) < 4.78 is 0. The smallest absolute Gasteiger partial charge is 0.0131 e. The Morgan fingerprint density at radius 3 is 2.11 bits per heavy atom. The first-order chi connectivity index (χ1) is 16.6. The Bertz CT molecular complexity index is 922. The highest BCUT2D eigenvalue weighted by Crippen LogP contribution is 2.52. The fraction of sp³-hybridized carbons (Fsp3) is 0.657. The van der Waals surface area contributed by atoms with E-state index in [1.54, 1.807) is 0 Å². The molecule has 0 amide bonds. The summed E-state index contributed by atoms with van der Waals surface area (Å²) in [5, 5.41) is 0. The van der Waals surface area contributed by atoms with Gasteiger partial charge in [-0.15, -0.1) is 0 Å². The fourth-order valence-electron chi connectivity index (χ4n) is 5.87. The second-order valence-corrected chi connectivity index (χ2v) is 14.2. The molecule has 0 saturated carbocycles. The topological polar surface area (TPSA) is 26.0 Å². The maximum Gasteiger partial charge on any atom is 0.0131 e. The molecule has 2 N–H and O–H groups in total. The second kappa shape index (κ2) is 12.3. The molecule has 0 bridgehead atoms. The Balaban J connectivity index is 2.46. The van der Waals surface area contributed by atoms with Crippen LogP contribution in [-0.4, -0.2) is 6.04 Å². The van der Waals surface area contributed by atoms with Gasteiger partial charge in [0.15, 0.2) is 0 Å². The van der Waals surface area contributed by atoms with Crippen molar-refractivity contribution >= 4 is 0 Å². The third-order valence-electron chi connectivity index (χ3n) is 9.54. The molecule has 2 aliphatic carbocycles. The van der Waals surface area contributed by atoms with Crippen molar-refractivity contribution in [2.45, 2.75) is 114 Å². The van der Waals surface area contributed by atoms with Gasteiger partial charge in [-0.1, -0.05) is 134 Å². The van der Waals surface area contributed by atoms with E-state index in [-0.39, 0.29) is 22.3 Å². The average Bonchev–Trinajstić information content (AvgIpc) is 3.13. The van der Waals surface area contributed by atoms with Crippen LogP contribution in [0.15, 0.2) is 70.9 Å². The Labute approximate surface area is 224 Å². The molecule has 0 spiro atoms. The molecule has 0 fully saturated rings. The molecule has 1 heteroatoms. The van der Waals surface area contributed by atoms with E-state index in [1.807, 2.05) is 0 Å². The number of hydrogen-bond acceptors (Lipinski definition) is 1. The van der Waals surface area contributed by atoms with Gasteiger partial charge in [0.05, 0.1) is 0 Å². The van der Waals surface area contributed by atoms with E-state index in [0.29, 0.717) is 17.8 Å². The molecule has 0 radical (unpaired) electrons. The highest BCUT2D eigenvalue weighted by Gasteiger charge is 2.44. The standard InChI is InChI=1S/C35H57N/c1-12-34(8,9)35(10,11)31(29-18-14-16-26(3)20-22-29)23-27(4)32(36)30(24-33(5,6)7)28-17-13-15-25(2)19-21-28/h13-15,18-22,27,30-32H,12,16-17,23-24,36H2,1-11H3/t27?,30-,31?,32?/m0/s1. The van der Waals surface area contributed by atoms with Gasteiger partial charge in [0.25, 0.3) is 0 Å². The van der Waals surface area contributed by atoms with Crippen molar-refractivity contribution in [3.63, 3.8) is 0 Å². The molecule has 2 aliphatic rings. The van der Waals surface area contributed by atoms with Gasteiger partial charge in [0.1, 0.15) is 0 Å². The molecule has 0 aromatic heterocycles. The highest BCUT2D eigenvalue weighted by molar-refractivity contribution is 5.34. The molecule has 36 heavy (non-hydrogen) atoms. The Hall–Kier alpha value is -1.60. The summed E-state index contributed by atoms with van der Waals surface area (Å²) in [5.74, 6) is 1.25. The Morgan fingerprint density at radius 1 is 0.861 bits per heavy atom. The lowest BCUT2D eigenvalue weighted by molar-refractivity contribution is 0.0389. The van der Waals surface area contributed by atoms with Crippen LogP contribution < -0.4 is 5.73 Å². The van der Waals surface area contributed by atoms with E-state index in [0.717, 1.165) is 25.7 Å². The van der Waals surface area contributed by atoms with E-state index in [1.165, 1.54) is 28.7 Å². The van der Waals surface area contributed by atoms with Crippen LogP contribution >= 0.6 is 0 Å². The maximum atomic E-state index is 7.27. The number of hydrogen-bond donors (Lipinski definition) is 1. The SMILES string of the molecule is CCC(C)(C)C(C)(C)C(CC(C)C(N)[C@@H](CC(C)(C)C)C1=CC=C(C)C=CC1)C1=CC=C(C)CC=C1. The van der Waals surface area contributed by atoms with E-state index in [2.05, 4.69) is 125 Å². The van der Waals surface area contributed by atoms with Crippen LogP contribution in [0.4, 0.5) is 0 Å². The minimum Gasteiger partial charge on any atom is -0.327 e. The van der Waals surface area contributed by atoms with Gasteiger partial charge in [-0.25, -0.2) is 0 Å². The van der Waals surface area contributed by atoms with Crippen LogP contribution in [-0.2, 0) is 0 Å². The van der Waals surface area contributed by atoms with Gasteiger partial charge in [-0.05, 0) is 79.1 Å². The highest BCUT2D eigenvalue weighted by atomic mass is 14.7. The van der Waals surface area contributed by atoms with Crippen molar-refractivity contribution in [3.8, 4) is 0 Å². The lowest BCUT2D eigenvalue weighted by atomic mass is 9.56. The van der Waals surface area contributed by atoms with Gasteiger partial charge in [-0.3, -0.25) is 0 Å². The Morgan fingerprint density at radius 2 is 1.50 bits per heavy atom. The number of rotatable bonds is 10. The zero-order chi connectivity index (χ0) is 27.3. The molecule has 0 aliphatic heterocycles. The summed E-state index contributed by atoms with van der Waals surface area (Å²) in [6.45, 7) is 26.1. The molecule has 0 heterocycles. The quantitative estimate of drug-likeness (QED) is 0.323. The normalized spacial score (nSPS) is 20.9. The lowest BCUT2D eigenvalue weighted by Crippen LogP contribution is -2.44. The number of nitrogens with two attached hydrogens (primary N) is 1. The second-order valence-electron chi connectivity index (χ2n) is 14.2. The molecule has 4 atom stereocenters. The van der Waals surface area contributed by atoms with Crippen molar-refractivity contribution in [2.24, 2.45) is 39.7 Å². The summed E-state index contributed by atoms with van der Waals surface area (Å²) in [4.78, 5) is 0. The zero-order valence-electron chi connectivity index (χ0n) is 25.5. The van der Waals surface area contributed by atoms with Crippen molar-refractivity contribution < 1.29 is 0 Å². The first-order valence-corrected chi connectivity index (χ1v) is 14.4. The van der Waals surface area contributed by atoms with Gasteiger partial charge in [-0.2, -0.15) is 0 Å². The maximum absolute atomic E-state index is 7.27. The van der Waals surface area contributed by atoms with Gasteiger partial charge < -0.3 is 5.73 Å². The largest absolute Gasteiger partial charge is 0.327 e. The summed E-state index contributed by atoms with van der Waals surface area (Å²) in [5.41, 5.74) is 13.6. The summed E-state index contributed by atoms with van der Waals surface area (Å²) in [6.07, 6.45) is 24.1. The molecule has 3 unspecified atom stereocenters. The van der Waals surface area contributed by atoms with Crippen LogP contribution in [0.25, 0.3) is 0 Å². The predicted octanol–water partition coefficient (Wildman–Crippen LogP) is 10.1. The molecule has 2 rings (SSSR count). The van der Waals surface area contributed by atoms with Crippen LogP contribution in [0, 0.1) is 34.0 Å². The zero-order valence-corrected chi connectivity index (χ0v) is 25.5. The monoisotopic (exact) mass is 491 g/mol. The Kier molecular flexibility index (Phi) is 10.5. The van der Waals surface area contributed by atoms with Crippen molar-refractivity contribution in [3.05, 3.63) is 70.9 Å². The summed E-state index contributed by atoms with van der Waals surface area (Å²) in [7, 11) is 0. The predicted molar refractivity (Wildman–Crippen MR) is 162 cm³/mol. The molecular weight excluding hydrogens is 434 g/mol. The average molecular weight is 492 g/mol. The van der Waals surface area contributed by atoms with E-state index in [9.17, 15) is 0 Å². The number of allylic oxidation sites excluding steroid dienone is 11. The van der Waals surface area contributed by atoms with E-state index < -0.39 is 0 Å². The van der Waals surface area contributed by atoms with Crippen LogP contribution in [0.2, 0.25) is 0 Å². The van der Waals surface area contributed by atoms with Crippen LogP contribution in [0.3, 0.4) is 0 Å². The van der Waals surface area contributed by atoms with Crippen molar-refractivity contribution in [1.82, 2.24) is 0 Å². The fourth-order valence-corrected chi connectivity index (χ4v) is 5.87. The third kappa shape index (κ3) is 7.95. The first-order valence-electron chi connectivity index (χ1n) is 14.4. The minimum atomic E-state index is 0.131. The van der Waals surface area contributed by atoms with Gasteiger partial charge >= 0.3 is 0 Å². The van der Waals surface area contributed by atoms with Crippen LogP contribution in [0.1, 0.15) is 108 Å². The summed E-state index contributed by atoms with van der Waals surface area (Å²) in [6, 6.07) is 0.131. The summed E-state index contributed by atoms with van der Waals surface area (Å²) >= 11 is 0. The molecule has 0 aromatic carbocycles. The third-order valence-corrected chi connectivity index (χ3v) is 9.54. The molecule has 0 aromatic rings. The molecule has 1 nitrogen and oxygen atoms in total. The van der Waals surface area contributed by atoms with Gasteiger partial charge in [0.2, 0.25) is 0 Å². The van der Waals surface area contributed by atoms with Gasteiger partial charge in [0, 0.05) is 6.04 Å². The van der Waals surface area contributed by atoms with Crippen molar-refractivity contribution in [1.29, 1.82) is 0 Å². The van der Waals surface area contributed by atoms with E-state index in [4.69, 9.17) is 5.73 Å². The van der Waals surface area contributed by atoms with E-state index >= 15 is 0 Å². The van der Waals surface area contributed by atoms with Crippen LogP contribution in [0.5, 0.6) is 0 Å². The minimum absolute atomic E-state index is 0.131. The first kappa shape index (κ1) is 30.6. The van der Waals surface area contributed by atoms with Crippen molar-refractivity contribution in [2.75, 3.05) is 0 Å².